The lowest BCUT2D eigenvalue weighted by molar-refractivity contribution is 0.0953. The summed E-state index contributed by atoms with van der Waals surface area (Å²) in [5.41, 5.74) is 8.66. The molecule has 2 rings (SSSR count). The fourth-order valence-electron chi connectivity index (χ4n) is 2.38. The van der Waals surface area contributed by atoms with Crippen LogP contribution in [0.25, 0.3) is 5.69 Å². The molecule has 0 aliphatic carbocycles. The van der Waals surface area contributed by atoms with Gasteiger partial charge in [0.25, 0.3) is 5.91 Å². The van der Waals surface area contributed by atoms with E-state index >= 15 is 0 Å². The molecule has 1 heterocycles. The minimum Gasteiger partial charge on any atom is -0.352 e. The maximum absolute atomic E-state index is 13.0. The van der Waals surface area contributed by atoms with Gasteiger partial charge in [-0.3, -0.25) is 4.79 Å². The first-order valence-corrected chi connectivity index (χ1v) is 6.97. The molecule has 1 amide bonds. The summed E-state index contributed by atoms with van der Waals surface area (Å²) in [7, 11) is 0. The van der Waals surface area contributed by atoms with E-state index in [4.69, 9.17) is 5.73 Å². The lowest BCUT2D eigenvalue weighted by atomic mass is 10.2. The van der Waals surface area contributed by atoms with Gasteiger partial charge >= 0.3 is 0 Å². The van der Waals surface area contributed by atoms with Crippen LogP contribution in [-0.4, -0.2) is 23.6 Å². The summed E-state index contributed by atoms with van der Waals surface area (Å²) in [4.78, 5) is 12.2. The quantitative estimate of drug-likeness (QED) is 0.830. The van der Waals surface area contributed by atoms with Crippen molar-refractivity contribution >= 4 is 5.91 Å². The van der Waals surface area contributed by atoms with Crippen LogP contribution in [-0.2, 0) is 0 Å². The van der Waals surface area contributed by atoms with E-state index in [0.29, 0.717) is 18.7 Å². The number of benzene rings is 1. The molecule has 3 N–H and O–H groups in total. The van der Waals surface area contributed by atoms with Gasteiger partial charge in [-0.1, -0.05) is 0 Å². The number of aromatic nitrogens is 1. The van der Waals surface area contributed by atoms with Crippen molar-refractivity contribution in [3.63, 3.8) is 0 Å². The third-order valence-corrected chi connectivity index (χ3v) is 3.43. The van der Waals surface area contributed by atoms with Gasteiger partial charge < -0.3 is 15.6 Å². The average Bonchev–Trinajstić information content (AvgIpc) is 2.76. The molecule has 0 atom stereocenters. The molecule has 0 saturated heterocycles. The van der Waals surface area contributed by atoms with Gasteiger partial charge in [-0.05, 0) is 57.1 Å². The molecule has 112 valence electrons. The zero-order valence-electron chi connectivity index (χ0n) is 12.3. The van der Waals surface area contributed by atoms with E-state index in [1.54, 1.807) is 12.1 Å². The maximum Gasteiger partial charge on any atom is 0.253 e. The highest BCUT2D eigenvalue weighted by molar-refractivity contribution is 5.95. The number of halogens is 1. The van der Waals surface area contributed by atoms with E-state index in [0.717, 1.165) is 23.5 Å². The second-order valence-electron chi connectivity index (χ2n) is 4.99. The van der Waals surface area contributed by atoms with Gasteiger partial charge in [0.15, 0.2) is 0 Å². The van der Waals surface area contributed by atoms with Crippen LogP contribution in [0, 0.1) is 19.7 Å². The highest BCUT2D eigenvalue weighted by Crippen LogP contribution is 2.21. The van der Waals surface area contributed by atoms with E-state index in [-0.39, 0.29) is 11.7 Å². The molecule has 4 nitrogen and oxygen atoms in total. The zero-order valence-corrected chi connectivity index (χ0v) is 12.3. The van der Waals surface area contributed by atoms with Crippen LogP contribution in [0.4, 0.5) is 4.39 Å². The number of carbonyl (C=O) groups is 1. The molecule has 0 spiro atoms. The van der Waals surface area contributed by atoms with Gasteiger partial charge in [0.2, 0.25) is 0 Å². The van der Waals surface area contributed by atoms with Crippen molar-refractivity contribution in [2.75, 3.05) is 13.1 Å². The van der Waals surface area contributed by atoms with Crippen LogP contribution >= 0.6 is 0 Å². The number of amides is 1. The largest absolute Gasteiger partial charge is 0.352 e. The second-order valence-corrected chi connectivity index (χ2v) is 4.99. The maximum atomic E-state index is 13.0. The minimum absolute atomic E-state index is 0.107. The number of carbonyl (C=O) groups excluding carboxylic acids is 1. The van der Waals surface area contributed by atoms with Crippen LogP contribution in [0.15, 0.2) is 30.3 Å². The second kappa shape index (κ2) is 6.54. The fraction of sp³-hybridized carbons (Fsp3) is 0.312. The Bertz CT molecular complexity index is 632. The van der Waals surface area contributed by atoms with E-state index < -0.39 is 0 Å². The van der Waals surface area contributed by atoms with Gasteiger partial charge in [-0.2, -0.15) is 0 Å². The Balaban J connectivity index is 2.29. The monoisotopic (exact) mass is 289 g/mol. The Kier molecular flexibility index (Phi) is 4.75. The first kappa shape index (κ1) is 15.3. The average molecular weight is 289 g/mol. The van der Waals surface area contributed by atoms with Crippen molar-refractivity contribution in [2.24, 2.45) is 5.73 Å². The van der Waals surface area contributed by atoms with Crippen LogP contribution in [0.2, 0.25) is 0 Å². The number of nitrogens with two attached hydrogens (primary N) is 1. The molecule has 5 heteroatoms. The SMILES string of the molecule is Cc1cc(C(=O)NCCCN)c(C)n1-c1ccc(F)cc1. The number of rotatable bonds is 5. The fourth-order valence-corrected chi connectivity index (χ4v) is 2.38. The summed E-state index contributed by atoms with van der Waals surface area (Å²) in [5, 5.41) is 2.85. The Morgan fingerprint density at radius 3 is 2.57 bits per heavy atom. The van der Waals surface area contributed by atoms with Crippen molar-refractivity contribution in [3.05, 3.63) is 53.1 Å². The Hall–Kier alpha value is -2.14. The predicted molar refractivity (Wildman–Crippen MR) is 81.2 cm³/mol. The number of hydrogen-bond acceptors (Lipinski definition) is 2. The Morgan fingerprint density at radius 1 is 1.29 bits per heavy atom. The standard InChI is InChI=1S/C16H20FN3O/c1-11-10-15(16(21)19-9-3-8-18)12(2)20(11)14-6-4-13(17)5-7-14/h4-7,10H,3,8-9,18H2,1-2H3,(H,19,21). The molecule has 0 fully saturated rings. The molecule has 21 heavy (non-hydrogen) atoms. The highest BCUT2D eigenvalue weighted by Gasteiger charge is 2.16. The number of hydrogen-bond donors (Lipinski definition) is 2. The third-order valence-electron chi connectivity index (χ3n) is 3.43. The van der Waals surface area contributed by atoms with E-state index in [1.165, 1.54) is 12.1 Å². The normalized spacial score (nSPS) is 10.7. The van der Waals surface area contributed by atoms with Gasteiger partial charge in [0.05, 0.1) is 5.56 Å². The summed E-state index contributed by atoms with van der Waals surface area (Å²) in [5.74, 6) is -0.383. The van der Waals surface area contributed by atoms with Crippen LogP contribution in [0.3, 0.4) is 0 Å². The van der Waals surface area contributed by atoms with E-state index in [1.807, 2.05) is 24.5 Å². The molecule has 0 bridgehead atoms. The van der Waals surface area contributed by atoms with Crippen LogP contribution in [0.1, 0.15) is 28.2 Å². The van der Waals surface area contributed by atoms with Crippen LogP contribution < -0.4 is 11.1 Å². The Labute approximate surface area is 123 Å². The number of nitrogens with zero attached hydrogens (tertiary/aromatic N) is 1. The smallest absolute Gasteiger partial charge is 0.253 e. The molecule has 0 unspecified atom stereocenters. The Morgan fingerprint density at radius 2 is 1.95 bits per heavy atom. The predicted octanol–water partition coefficient (Wildman–Crippen LogP) is 2.31. The van der Waals surface area contributed by atoms with Gasteiger partial charge in [0, 0.05) is 23.6 Å². The van der Waals surface area contributed by atoms with Crippen LogP contribution in [0.5, 0.6) is 0 Å². The topological polar surface area (TPSA) is 60.1 Å². The van der Waals surface area contributed by atoms with Crippen molar-refractivity contribution in [2.45, 2.75) is 20.3 Å². The highest BCUT2D eigenvalue weighted by atomic mass is 19.1. The molecule has 0 radical (unpaired) electrons. The minimum atomic E-state index is -0.277. The van der Waals surface area contributed by atoms with Crippen molar-refractivity contribution in [1.29, 1.82) is 0 Å². The molecule has 0 saturated carbocycles. The lowest BCUT2D eigenvalue weighted by Gasteiger charge is -2.10. The molecule has 1 aromatic carbocycles. The van der Waals surface area contributed by atoms with Crippen molar-refractivity contribution < 1.29 is 9.18 Å². The van der Waals surface area contributed by atoms with Crippen molar-refractivity contribution in [1.82, 2.24) is 9.88 Å². The number of nitrogens with one attached hydrogen (secondary N) is 1. The summed E-state index contributed by atoms with van der Waals surface area (Å²) in [6.07, 6.45) is 0.752. The lowest BCUT2D eigenvalue weighted by Crippen LogP contribution is -2.26. The first-order chi connectivity index (χ1) is 10.0. The first-order valence-electron chi connectivity index (χ1n) is 6.97. The molecule has 1 aromatic heterocycles. The number of aryl methyl sites for hydroxylation is 1. The van der Waals surface area contributed by atoms with Gasteiger partial charge in [-0.25, -0.2) is 4.39 Å². The summed E-state index contributed by atoms with van der Waals surface area (Å²) in [6, 6.07) is 8.07. The summed E-state index contributed by atoms with van der Waals surface area (Å²) >= 11 is 0. The third kappa shape index (κ3) is 3.31. The van der Waals surface area contributed by atoms with E-state index in [2.05, 4.69) is 5.32 Å². The zero-order chi connectivity index (χ0) is 15.4. The summed E-state index contributed by atoms with van der Waals surface area (Å²) in [6.45, 7) is 4.92. The summed E-state index contributed by atoms with van der Waals surface area (Å²) < 4.78 is 15.0. The van der Waals surface area contributed by atoms with Crippen molar-refractivity contribution in [3.8, 4) is 5.69 Å². The van der Waals surface area contributed by atoms with E-state index in [9.17, 15) is 9.18 Å². The molecule has 0 aliphatic rings. The molecule has 2 aromatic rings. The van der Waals surface area contributed by atoms with Gasteiger partial charge in [-0.15, -0.1) is 0 Å². The molecule has 0 aliphatic heterocycles. The molecular weight excluding hydrogens is 269 g/mol. The molecular formula is C16H20FN3O. The van der Waals surface area contributed by atoms with Gasteiger partial charge in [0.1, 0.15) is 5.82 Å².